The van der Waals surface area contributed by atoms with Crippen LogP contribution < -0.4 is 10.1 Å². The lowest BCUT2D eigenvalue weighted by molar-refractivity contribution is 0.209. The third-order valence-corrected chi connectivity index (χ3v) is 1.96. The van der Waals surface area contributed by atoms with E-state index in [1.54, 1.807) is 6.07 Å². The molecule has 0 saturated carbocycles. The Bertz CT molecular complexity index is 349. The average Bonchev–Trinajstić information content (AvgIpc) is 2.51. The summed E-state index contributed by atoms with van der Waals surface area (Å²) in [5, 5.41) is 10.8. The van der Waals surface area contributed by atoms with Crippen LogP contribution in [0.3, 0.4) is 0 Å². The molecule has 1 aromatic rings. The third-order valence-electron chi connectivity index (χ3n) is 1.96. The maximum absolute atomic E-state index is 10.4. The Morgan fingerprint density at radius 2 is 2.38 bits per heavy atom. The zero-order valence-electron chi connectivity index (χ0n) is 6.91. The molecule has 1 amide bonds. The SMILES string of the molecule is O=C(O)Nc1cccc2c1OCC2. The van der Waals surface area contributed by atoms with Crippen molar-refractivity contribution in [3.05, 3.63) is 23.8 Å². The number of benzene rings is 1. The molecule has 0 saturated heterocycles. The molecule has 1 heterocycles. The Hall–Kier alpha value is -1.71. The minimum atomic E-state index is -1.07. The number of rotatable bonds is 1. The Kier molecular flexibility index (Phi) is 1.81. The fourth-order valence-electron chi connectivity index (χ4n) is 1.43. The second-order valence-corrected chi connectivity index (χ2v) is 2.82. The van der Waals surface area contributed by atoms with Crippen LogP contribution in [-0.2, 0) is 6.42 Å². The molecule has 1 aliphatic heterocycles. The van der Waals surface area contributed by atoms with Gasteiger partial charge in [0.1, 0.15) is 5.75 Å². The molecular formula is C9H9NO3. The first kappa shape index (κ1) is 7.91. The average molecular weight is 179 g/mol. The first-order chi connectivity index (χ1) is 6.27. The molecule has 0 aliphatic carbocycles. The zero-order valence-corrected chi connectivity index (χ0v) is 6.91. The monoisotopic (exact) mass is 179 g/mol. The molecule has 68 valence electrons. The number of para-hydroxylation sites is 1. The van der Waals surface area contributed by atoms with E-state index in [1.807, 2.05) is 12.1 Å². The lowest BCUT2D eigenvalue weighted by Crippen LogP contribution is -2.08. The molecule has 0 fully saturated rings. The smallest absolute Gasteiger partial charge is 0.409 e. The lowest BCUT2D eigenvalue weighted by atomic mass is 10.1. The topological polar surface area (TPSA) is 58.6 Å². The van der Waals surface area contributed by atoms with E-state index < -0.39 is 6.09 Å². The molecule has 4 nitrogen and oxygen atoms in total. The highest BCUT2D eigenvalue weighted by atomic mass is 16.5. The summed E-state index contributed by atoms with van der Waals surface area (Å²) in [6, 6.07) is 5.45. The van der Waals surface area contributed by atoms with Crippen molar-refractivity contribution in [3.63, 3.8) is 0 Å². The maximum atomic E-state index is 10.4. The largest absolute Gasteiger partial charge is 0.491 e. The number of carbonyl (C=O) groups is 1. The van der Waals surface area contributed by atoms with Crippen LogP contribution in [0.2, 0.25) is 0 Å². The van der Waals surface area contributed by atoms with Crippen LogP contribution in [-0.4, -0.2) is 17.8 Å². The molecule has 1 aliphatic rings. The first-order valence-electron chi connectivity index (χ1n) is 4.02. The number of fused-ring (bicyclic) bond motifs is 1. The predicted octanol–water partition coefficient (Wildman–Crippen LogP) is 1.71. The third kappa shape index (κ3) is 1.42. The second kappa shape index (κ2) is 2.97. The van der Waals surface area contributed by atoms with E-state index in [1.165, 1.54) is 0 Å². The van der Waals surface area contributed by atoms with E-state index in [0.717, 1.165) is 12.0 Å². The maximum Gasteiger partial charge on any atom is 0.409 e. The van der Waals surface area contributed by atoms with Gasteiger partial charge in [0.25, 0.3) is 0 Å². The van der Waals surface area contributed by atoms with Gasteiger partial charge in [-0.05, 0) is 11.6 Å². The summed E-state index contributed by atoms with van der Waals surface area (Å²) in [6.07, 6.45) is -0.214. The molecule has 0 spiro atoms. The fourth-order valence-corrected chi connectivity index (χ4v) is 1.43. The number of ether oxygens (including phenoxy) is 1. The van der Waals surface area contributed by atoms with E-state index in [4.69, 9.17) is 9.84 Å². The van der Waals surface area contributed by atoms with Gasteiger partial charge < -0.3 is 9.84 Å². The van der Waals surface area contributed by atoms with Crippen molar-refractivity contribution in [2.45, 2.75) is 6.42 Å². The number of hydrogen-bond donors (Lipinski definition) is 2. The number of nitrogens with one attached hydrogen (secondary N) is 1. The van der Waals surface area contributed by atoms with Crippen LogP contribution in [0.15, 0.2) is 18.2 Å². The van der Waals surface area contributed by atoms with E-state index in [2.05, 4.69) is 5.32 Å². The van der Waals surface area contributed by atoms with Gasteiger partial charge in [-0.25, -0.2) is 4.79 Å². The number of amides is 1. The minimum Gasteiger partial charge on any atom is -0.491 e. The molecule has 13 heavy (non-hydrogen) atoms. The molecule has 0 aromatic heterocycles. The van der Waals surface area contributed by atoms with Gasteiger partial charge in [0.15, 0.2) is 0 Å². The molecule has 2 N–H and O–H groups in total. The summed E-state index contributed by atoms with van der Waals surface area (Å²) in [5.41, 5.74) is 1.59. The van der Waals surface area contributed by atoms with Gasteiger partial charge in [-0.15, -0.1) is 0 Å². The van der Waals surface area contributed by atoms with Gasteiger partial charge >= 0.3 is 6.09 Å². The molecule has 4 heteroatoms. The van der Waals surface area contributed by atoms with Crippen molar-refractivity contribution < 1.29 is 14.6 Å². The van der Waals surface area contributed by atoms with Crippen molar-refractivity contribution in [1.29, 1.82) is 0 Å². The second-order valence-electron chi connectivity index (χ2n) is 2.82. The minimum absolute atomic E-state index is 0.530. The highest BCUT2D eigenvalue weighted by molar-refractivity contribution is 5.85. The first-order valence-corrected chi connectivity index (χ1v) is 4.02. The Labute approximate surface area is 75.1 Å². The lowest BCUT2D eigenvalue weighted by Gasteiger charge is -2.06. The highest BCUT2D eigenvalue weighted by Gasteiger charge is 2.16. The molecular weight excluding hydrogens is 170 g/mol. The normalized spacial score (nSPS) is 13.2. The van der Waals surface area contributed by atoms with Crippen LogP contribution in [0.25, 0.3) is 0 Å². The van der Waals surface area contributed by atoms with E-state index in [9.17, 15) is 4.79 Å². The summed E-state index contributed by atoms with van der Waals surface area (Å²) in [6.45, 7) is 0.633. The Balaban J connectivity index is 2.36. The van der Waals surface area contributed by atoms with E-state index in [0.29, 0.717) is 18.0 Å². The number of anilines is 1. The molecule has 0 atom stereocenters. The quantitative estimate of drug-likeness (QED) is 0.689. The standard InChI is InChI=1S/C9H9NO3/c11-9(12)10-7-3-1-2-6-4-5-13-8(6)7/h1-3,10H,4-5H2,(H,11,12). The Morgan fingerprint density at radius 1 is 1.54 bits per heavy atom. The number of carboxylic acid groups (broad SMARTS) is 1. The van der Waals surface area contributed by atoms with Crippen LogP contribution in [0.5, 0.6) is 5.75 Å². The zero-order chi connectivity index (χ0) is 9.26. The molecule has 2 rings (SSSR count). The summed E-state index contributed by atoms with van der Waals surface area (Å²) in [5.74, 6) is 0.671. The molecule has 0 unspecified atom stereocenters. The van der Waals surface area contributed by atoms with Gasteiger partial charge in [0, 0.05) is 6.42 Å². The summed E-state index contributed by atoms with van der Waals surface area (Å²) in [4.78, 5) is 10.4. The van der Waals surface area contributed by atoms with Crippen molar-refractivity contribution in [3.8, 4) is 5.75 Å². The molecule has 1 aromatic carbocycles. The Morgan fingerprint density at radius 3 is 3.15 bits per heavy atom. The van der Waals surface area contributed by atoms with Crippen molar-refractivity contribution in [2.24, 2.45) is 0 Å². The van der Waals surface area contributed by atoms with Gasteiger partial charge in [0.05, 0.1) is 12.3 Å². The van der Waals surface area contributed by atoms with E-state index >= 15 is 0 Å². The van der Waals surface area contributed by atoms with Crippen molar-refractivity contribution in [2.75, 3.05) is 11.9 Å². The number of hydrogen-bond acceptors (Lipinski definition) is 2. The highest BCUT2D eigenvalue weighted by Crippen LogP contribution is 2.33. The summed E-state index contributed by atoms with van der Waals surface area (Å²) >= 11 is 0. The van der Waals surface area contributed by atoms with Gasteiger partial charge in [-0.2, -0.15) is 0 Å². The summed E-state index contributed by atoms with van der Waals surface area (Å²) in [7, 11) is 0. The predicted molar refractivity (Wildman–Crippen MR) is 47.3 cm³/mol. The summed E-state index contributed by atoms with van der Waals surface area (Å²) < 4.78 is 5.30. The van der Waals surface area contributed by atoms with Crippen LogP contribution in [0.1, 0.15) is 5.56 Å². The van der Waals surface area contributed by atoms with Gasteiger partial charge in [-0.1, -0.05) is 12.1 Å². The van der Waals surface area contributed by atoms with Crippen LogP contribution >= 0.6 is 0 Å². The molecule has 0 bridgehead atoms. The van der Waals surface area contributed by atoms with Crippen molar-refractivity contribution in [1.82, 2.24) is 0 Å². The fraction of sp³-hybridized carbons (Fsp3) is 0.222. The van der Waals surface area contributed by atoms with Gasteiger partial charge in [-0.3, -0.25) is 5.32 Å². The van der Waals surface area contributed by atoms with Crippen molar-refractivity contribution >= 4 is 11.8 Å². The molecule has 0 radical (unpaired) electrons. The van der Waals surface area contributed by atoms with E-state index in [-0.39, 0.29) is 0 Å². The van der Waals surface area contributed by atoms with Crippen LogP contribution in [0.4, 0.5) is 10.5 Å². The van der Waals surface area contributed by atoms with Gasteiger partial charge in [0.2, 0.25) is 0 Å². The van der Waals surface area contributed by atoms with Crippen LogP contribution in [0, 0.1) is 0 Å².